The van der Waals surface area contributed by atoms with E-state index in [4.69, 9.17) is 9.15 Å². The van der Waals surface area contributed by atoms with Crippen LogP contribution < -0.4 is 15.4 Å². The SMILES string of the molecule is CCOc1ccc(NC(=O)C2CC2C(=O)NCc2ccco2)cc1. The molecule has 24 heavy (non-hydrogen) atoms. The summed E-state index contributed by atoms with van der Waals surface area (Å²) in [6.45, 7) is 2.86. The van der Waals surface area contributed by atoms with Crippen molar-refractivity contribution in [3.8, 4) is 5.75 Å². The zero-order valence-corrected chi connectivity index (χ0v) is 13.5. The van der Waals surface area contributed by atoms with E-state index >= 15 is 0 Å². The highest BCUT2D eigenvalue weighted by Gasteiger charge is 2.47. The minimum atomic E-state index is -0.270. The number of hydrogen-bond acceptors (Lipinski definition) is 4. The molecule has 0 saturated heterocycles. The van der Waals surface area contributed by atoms with Crippen molar-refractivity contribution < 1.29 is 18.7 Å². The third kappa shape index (κ3) is 3.95. The minimum Gasteiger partial charge on any atom is -0.494 e. The highest BCUT2D eigenvalue weighted by atomic mass is 16.5. The second kappa shape index (κ2) is 7.21. The molecule has 1 aliphatic rings. The van der Waals surface area contributed by atoms with E-state index in [0.29, 0.717) is 31.0 Å². The van der Waals surface area contributed by atoms with E-state index in [0.717, 1.165) is 5.75 Å². The molecule has 126 valence electrons. The molecule has 3 rings (SSSR count). The summed E-state index contributed by atoms with van der Waals surface area (Å²) in [5.74, 6) is 0.683. The molecule has 1 aromatic carbocycles. The van der Waals surface area contributed by atoms with E-state index in [1.807, 2.05) is 6.92 Å². The lowest BCUT2D eigenvalue weighted by Crippen LogP contribution is -2.26. The molecule has 6 nitrogen and oxygen atoms in total. The van der Waals surface area contributed by atoms with E-state index in [1.165, 1.54) is 0 Å². The van der Waals surface area contributed by atoms with Gasteiger partial charge < -0.3 is 19.8 Å². The normalized spacial score (nSPS) is 18.7. The van der Waals surface area contributed by atoms with Crippen LogP contribution in [0.15, 0.2) is 47.1 Å². The maximum atomic E-state index is 12.2. The van der Waals surface area contributed by atoms with E-state index in [-0.39, 0.29) is 23.7 Å². The second-order valence-electron chi connectivity index (χ2n) is 5.69. The molecule has 0 bridgehead atoms. The van der Waals surface area contributed by atoms with Crippen LogP contribution in [-0.2, 0) is 16.1 Å². The monoisotopic (exact) mass is 328 g/mol. The lowest BCUT2D eigenvalue weighted by molar-refractivity contribution is -0.125. The average Bonchev–Trinajstić information content (AvgIpc) is 3.23. The number of carbonyl (C=O) groups excluding carboxylic acids is 2. The lowest BCUT2D eigenvalue weighted by atomic mass is 10.2. The number of hydrogen-bond donors (Lipinski definition) is 2. The van der Waals surface area contributed by atoms with Crippen LogP contribution in [0.5, 0.6) is 5.75 Å². The van der Waals surface area contributed by atoms with Crippen LogP contribution in [0.2, 0.25) is 0 Å². The molecule has 1 aromatic heterocycles. The van der Waals surface area contributed by atoms with Crippen LogP contribution in [0.3, 0.4) is 0 Å². The summed E-state index contributed by atoms with van der Waals surface area (Å²) in [6, 6.07) is 10.8. The van der Waals surface area contributed by atoms with Gasteiger partial charge in [-0.3, -0.25) is 9.59 Å². The minimum absolute atomic E-state index is 0.113. The lowest BCUT2D eigenvalue weighted by Gasteiger charge is -2.07. The Morgan fingerprint density at radius 3 is 2.58 bits per heavy atom. The van der Waals surface area contributed by atoms with Gasteiger partial charge in [0.05, 0.1) is 31.3 Å². The summed E-state index contributed by atoms with van der Waals surface area (Å²) < 4.78 is 10.5. The predicted octanol–water partition coefficient (Wildman–Crippen LogP) is 2.57. The van der Waals surface area contributed by atoms with Crippen molar-refractivity contribution in [2.24, 2.45) is 11.8 Å². The Labute approximate surface area is 140 Å². The molecular formula is C18H20N2O4. The van der Waals surface area contributed by atoms with Crippen LogP contribution in [-0.4, -0.2) is 18.4 Å². The van der Waals surface area contributed by atoms with Crippen molar-refractivity contribution in [1.82, 2.24) is 5.32 Å². The summed E-state index contributed by atoms with van der Waals surface area (Å²) in [6.07, 6.45) is 2.14. The Morgan fingerprint density at radius 1 is 1.17 bits per heavy atom. The van der Waals surface area contributed by atoms with Gasteiger partial charge in [-0.25, -0.2) is 0 Å². The molecule has 0 radical (unpaired) electrons. The van der Waals surface area contributed by atoms with E-state index in [2.05, 4.69) is 10.6 Å². The Bertz CT molecular complexity index is 694. The fourth-order valence-electron chi connectivity index (χ4n) is 2.53. The van der Waals surface area contributed by atoms with Crippen molar-refractivity contribution in [3.63, 3.8) is 0 Å². The average molecular weight is 328 g/mol. The van der Waals surface area contributed by atoms with Crippen molar-refractivity contribution in [2.75, 3.05) is 11.9 Å². The van der Waals surface area contributed by atoms with Gasteiger partial charge in [-0.15, -0.1) is 0 Å². The largest absolute Gasteiger partial charge is 0.494 e. The molecule has 0 spiro atoms. The van der Waals surface area contributed by atoms with Crippen LogP contribution in [0.1, 0.15) is 19.1 Å². The highest BCUT2D eigenvalue weighted by molar-refractivity contribution is 5.99. The first-order valence-corrected chi connectivity index (χ1v) is 8.01. The van der Waals surface area contributed by atoms with Gasteiger partial charge in [0.15, 0.2) is 0 Å². The Kier molecular flexibility index (Phi) is 4.84. The molecule has 2 unspecified atom stereocenters. The zero-order valence-electron chi connectivity index (χ0n) is 13.5. The predicted molar refractivity (Wildman–Crippen MR) is 88.4 cm³/mol. The fourth-order valence-corrected chi connectivity index (χ4v) is 2.53. The van der Waals surface area contributed by atoms with Gasteiger partial charge in [-0.1, -0.05) is 0 Å². The summed E-state index contributed by atoms with van der Waals surface area (Å²) in [5, 5.41) is 5.62. The van der Waals surface area contributed by atoms with Gasteiger partial charge in [0, 0.05) is 5.69 Å². The topological polar surface area (TPSA) is 80.6 Å². The summed E-state index contributed by atoms with van der Waals surface area (Å²) >= 11 is 0. The third-order valence-electron chi connectivity index (χ3n) is 3.91. The first-order valence-electron chi connectivity index (χ1n) is 8.01. The second-order valence-corrected chi connectivity index (χ2v) is 5.69. The molecule has 6 heteroatoms. The summed E-state index contributed by atoms with van der Waals surface area (Å²) in [7, 11) is 0. The molecule has 1 saturated carbocycles. The molecule has 2 amide bonds. The number of rotatable bonds is 7. The van der Waals surface area contributed by atoms with Gasteiger partial charge in [0.1, 0.15) is 11.5 Å². The fraction of sp³-hybridized carbons (Fsp3) is 0.333. The number of amides is 2. The van der Waals surface area contributed by atoms with E-state index < -0.39 is 0 Å². The number of furan rings is 1. The van der Waals surface area contributed by atoms with Gasteiger partial charge >= 0.3 is 0 Å². The maximum Gasteiger partial charge on any atom is 0.228 e. The third-order valence-corrected chi connectivity index (χ3v) is 3.91. The zero-order chi connectivity index (χ0) is 16.9. The molecule has 1 heterocycles. The molecule has 2 atom stereocenters. The molecule has 2 aromatic rings. The number of nitrogens with one attached hydrogen (secondary N) is 2. The number of ether oxygens (including phenoxy) is 1. The molecule has 1 fully saturated rings. The first kappa shape index (κ1) is 16.1. The van der Waals surface area contributed by atoms with Crippen molar-refractivity contribution in [3.05, 3.63) is 48.4 Å². The van der Waals surface area contributed by atoms with E-state index in [1.54, 1.807) is 42.7 Å². The van der Waals surface area contributed by atoms with Crippen LogP contribution in [0.4, 0.5) is 5.69 Å². The summed E-state index contributed by atoms with van der Waals surface area (Å²) in [5.41, 5.74) is 0.699. The van der Waals surface area contributed by atoms with E-state index in [9.17, 15) is 9.59 Å². The van der Waals surface area contributed by atoms with Crippen LogP contribution in [0, 0.1) is 11.8 Å². The van der Waals surface area contributed by atoms with Crippen molar-refractivity contribution in [2.45, 2.75) is 19.9 Å². The highest BCUT2D eigenvalue weighted by Crippen LogP contribution is 2.39. The Balaban J connectivity index is 1.45. The Hall–Kier alpha value is -2.76. The van der Waals surface area contributed by atoms with Crippen LogP contribution >= 0.6 is 0 Å². The van der Waals surface area contributed by atoms with Crippen molar-refractivity contribution >= 4 is 17.5 Å². The van der Waals surface area contributed by atoms with Crippen molar-refractivity contribution in [1.29, 1.82) is 0 Å². The standard InChI is InChI=1S/C18H20N2O4/c1-2-23-13-7-5-12(6-8-13)20-18(22)16-10-15(16)17(21)19-11-14-4-3-9-24-14/h3-9,15-16H,2,10-11H2,1H3,(H,19,21)(H,20,22). The Morgan fingerprint density at radius 2 is 1.92 bits per heavy atom. The van der Waals surface area contributed by atoms with Gasteiger partial charge in [0.25, 0.3) is 0 Å². The molecule has 1 aliphatic carbocycles. The quantitative estimate of drug-likeness (QED) is 0.818. The number of benzene rings is 1. The number of carbonyl (C=O) groups is 2. The van der Waals surface area contributed by atoms with Gasteiger partial charge in [0.2, 0.25) is 11.8 Å². The van der Waals surface area contributed by atoms with Gasteiger partial charge in [-0.2, -0.15) is 0 Å². The van der Waals surface area contributed by atoms with Gasteiger partial charge in [-0.05, 0) is 49.7 Å². The molecule has 0 aliphatic heterocycles. The molecular weight excluding hydrogens is 308 g/mol. The maximum absolute atomic E-state index is 12.2. The smallest absolute Gasteiger partial charge is 0.228 e. The summed E-state index contributed by atoms with van der Waals surface area (Å²) in [4.78, 5) is 24.2. The van der Waals surface area contributed by atoms with Crippen LogP contribution in [0.25, 0.3) is 0 Å². The molecule has 2 N–H and O–H groups in total. The number of anilines is 1. The first-order chi connectivity index (χ1) is 11.7.